The Morgan fingerprint density at radius 1 is 1.00 bits per heavy atom. The molecule has 0 aliphatic heterocycles. The van der Waals surface area contributed by atoms with Crippen molar-refractivity contribution in [2.75, 3.05) is 17.7 Å². The van der Waals surface area contributed by atoms with Crippen LogP contribution in [0.5, 0.6) is 0 Å². The van der Waals surface area contributed by atoms with E-state index in [1.807, 2.05) is 32.0 Å². The molecule has 0 aliphatic rings. The van der Waals surface area contributed by atoms with Crippen molar-refractivity contribution in [3.63, 3.8) is 0 Å². The Morgan fingerprint density at radius 2 is 1.66 bits per heavy atom. The Bertz CT molecular complexity index is 1280. The average molecular weight is 497 g/mol. The lowest BCUT2D eigenvalue weighted by molar-refractivity contribution is -0.119. The molecule has 0 radical (unpaired) electrons. The lowest BCUT2D eigenvalue weighted by atomic mass is 10.2. The summed E-state index contributed by atoms with van der Waals surface area (Å²) in [5.41, 5.74) is 1.19. The topological polar surface area (TPSA) is 111 Å². The molecule has 184 valence electrons. The van der Waals surface area contributed by atoms with Crippen molar-refractivity contribution < 1.29 is 19.1 Å². The maximum atomic E-state index is 12.9. The Morgan fingerprint density at radius 3 is 2.34 bits per heavy atom. The van der Waals surface area contributed by atoms with Crippen LogP contribution in [0.2, 0.25) is 0 Å². The molecule has 0 atom stereocenters. The predicted octanol–water partition coefficient (Wildman–Crippen LogP) is 2.90. The van der Waals surface area contributed by atoms with Gasteiger partial charge in [0.1, 0.15) is 5.69 Å². The van der Waals surface area contributed by atoms with E-state index in [1.165, 1.54) is 16.4 Å². The summed E-state index contributed by atoms with van der Waals surface area (Å²) in [5, 5.41) is 5.35. The first-order chi connectivity index (χ1) is 16.7. The third kappa shape index (κ3) is 6.42. The summed E-state index contributed by atoms with van der Waals surface area (Å²) in [7, 11) is 1.72. The second kappa shape index (κ2) is 11.6. The van der Waals surface area contributed by atoms with Gasteiger partial charge in [-0.3, -0.25) is 19.1 Å². The second-order valence-electron chi connectivity index (χ2n) is 8.07. The molecule has 1 heterocycles. The molecule has 35 heavy (non-hydrogen) atoms. The van der Waals surface area contributed by atoms with Gasteiger partial charge in [-0.15, -0.1) is 11.8 Å². The number of thioether (sulfide) groups is 1. The first kappa shape index (κ1) is 25.8. The number of carbonyl (C=O) groups excluding carboxylic acids is 3. The summed E-state index contributed by atoms with van der Waals surface area (Å²) in [6, 6.07) is 15.8. The Labute approximate surface area is 207 Å². The number of benzene rings is 2. The average Bonchev–Trinajstić information content (AvgIpc) is 3.04. The van der Waals surface area contributed by atoms with E-state index in [9.17, 15) is 19.2 Å². The third-order valence-corrected chi connectivity index (χ3v) is 6.14. The van der Waals surface area contributed by atoms with Crippen LogP contribution in [0.3, 0.4) is 0 Å². The molecule has 0 saturated carbocycles. The van der Waals surface area contributed by atoms with E-state index in [-0.39, 0.29) is 29.0 Å². The van der Waals surface area contributed by atoms with Crippen LogP contribution in [0.25, 0.3) is 5.69 Å². The van der Waals surface area contributed by atoms with Crippen LogP contribution >= 0.6 is 11.8 Å². The number of carbonyl (C=O) groups is 3. The fraction of sp³-hybridized carbons (Fsp3) is 0.280. The smallest absolute Gasteiger partial charge is 0.339 e. The normalized spacial score (nSPS) is 10.8. The first-order valence-corrected chi connectivity index (χ1v) is 12.0. The Balaban J connectivity index is 1.65. The highest BCUT2D eigenvalue weighted by Gasteiger charge is 2.20. The molecule has 0 aliphatic carbocycles. The van der Waals surface area contributed by atoms with E-state index >= 15 is 0 Å². The Hall–Kier alpha value is -3.79. The monoisotopic (exact) mass is 496 g/mol. The van der Waals surface area contributed by atoms with E-state index in [0.29, 0.717) is 16.3 Å². The number of nitrogens with one attached hydrogen (secondary N) is 2. The number of rotatable bonds is 9. The summed E-state index contributed by atoms with van der Waals surface area (Å²) in [5.74, 6) is -1.33. The van der Waals surface area contributed by atoms with Crippen LogP contribution in [-0.2, 0) is 21.4 Å². The third-order valence-electron chi connectivity index (χ3n) is 5.07. The molecular formula is C25H28N4O5S. The van der Waals surface area contributed by atoms with Gasteiger partial charge in [-0.2, -0.15) is 0 Å². The zero-order chi connectivity index (χ0) is 25.5. The van der Waals surface area contributed by atoms with Crippen LogP contribution < -0.4 is 16.2 Å². The van der Waals surface area contributed by atoms with Crippen molar-refractivity contribution in [3.8, 4) is 5.69 Å². The molecule has 1 aromatic heterocycles. The molecule has 2 N–H and O–H groups in total. The first-order valence-electron chi connectivity index (χ1n) is 11.0. The van der Waals surface area contributed by atoms with Crippen molar-refractivity contribution in [2.24, 2.45) is 7.05 Å². The number of esters is 1. The minimum Gasteiger partial charge on any atom is -0.452 e. The number of hydrogen-bond donors (Lipinski definition) is 2. The molecular weight excluding hydrogens is 468 g/mol. The largest absolute Gasteiger partial charge is 0.452 e. The Kier molecular flexibility index (Phi) is 8.53. The van der Waals surface area contributed by atoms with Crippen LogP contribution in [0, 0.1) is 6.92 Å². The molecule has 9 nitrogen and oxygen atoms in total. The standard InChI is InChI=1S/C25H28N4O5S/c1-16(2)26-22(31)15-35-20-13-9-8-12-19(20)25(33)34-14-21(30)27-23-17(3)28(4)29(24(23)32)18-10-6-5-7-11-18/h5-13,16H,14-15H2,1-4H3,(H,26,31)(H,27,30). The molecule has 0 fully saturated rings. The van der Waals surface area contributed by atoms with Crippen molar-refractivity contribution in [3.05, 3.63) is 76.2 Å². The quantitative estimate of drug-likeness (QED) is 0.348. The zero-order valence-electron chi connectivity index (χ0n) is 20.0. The number of aromatic nitrogens is 2. The van der Waals surface area contributed by atoms with Gasteiger partial charge in [-0.05, 0) is 45.0 Å². The fourth-order valence-corrected chi connectivity index (χ4v) is 4.22. The number of hydrogen-bond acceptors (Lipinski definition) is 6. The van der Waals surface area contributed by atoms with Crippen molar-refractivity contribution >= 4 is 35.2 Å². The van der Waals surface area contributed by atoms with E-state index in [1.54, 1.807) is 55.1 Å². The highest BCUT2D eigenvalue weighted by atomic mass is 32.2. The van der Waals surface area contributed by atoms with Gasteiger partial charge in [-0.1, -0.05) is 30.3 Å². The number of nitrogens with zero attached hydrogens (tertiary/aromatic N) is 2. The predicted molar refractivity (Wildman–Crippen MR) is 135 cm³/mol. The van der Waals surface area contributed by atoms with Gasteiger partial charge in [0.05, 0.1) is 22.7 Å². The van der Waals surface area contributed by atoms with E-state index in [4.69, 9.17) is 4.74 Å². The second-order valence-corrected chi connectivity index (χ2v) is 9.09. The summed E-state index contributed by atoms with van der Waals surface area (Å²) in [4.78, 5) is 50.6. The molecule has 0 spiro atoms. The van der Waals surface area contributed by atoms with E-state index in [2.05, 4.69) is 10.6 Å². The fourth-order valence-electron chi connectivity index (χ4n) is 3.36. The van der Waals surface area contributed by atoms with Gasteiger partial charge in [0, 0.05) is 18.0 Å². The highest BCUT2D eigenvalue weighted by Crippen LogP contribution is 2.23. The zero-order valence-corrected chi connectivity index (χ0v) is 20.8. The highest BCUT2D eigenvalue weighted by molar-refractivity contribution is 8.00. The van der Waals surface area contributed by atoms with Crippen molar-refractivity contribution in [2.45, 2.75) is 31.7 Å². The minimum atomic E-state index is -0.695. The molecule has 0 unspecified atom stereocenters. The lowest BCUT2D eigenvalue weighted by Gasteiger charge is -2.11. The van der Waals surface area contributed by atoms with Gasteiger partial charge in [0.25, 0.3) is 11.5 Å². The molecule has 0 bridgehead atoms. The van der Waals surface area contributed by atoms with Gasteiger partial charge in [0.2, 0.25) is 5.91 Å². The minimum absolute atomic E-state index is 0.0203. The summed E-state index contributed by atoms with van der Waals surface area (Å²) in [6.07, 6.45) is 0. The van der Waals surface area contributed by atoms with Crippen LogP contribution in [0.15, 0.2) is 64.3 Å². The SMILES string of the molecule is Cc1c(NC(=O)COC(=O)c2ccccc2SCC(=O)NC(C)C)c(=O)n(-c2ccccc2)n1C. The number of ether oxygens (including phenoxy) is 1. The maximum Gasteiger partial charge on any atom is 0.339 e. The van der Waals surface area contributed by atoms with Crippen LogP contribution in [0.1, 0.15) is 29.9 Å². The lowest BCUT2D eigenvalue weighted by Crippen LogP contribution is -2.31. The van der Waals surface area contributed by atoms with Crippen LogP contribution in [-0.4, -0.2) is 45.5 Å². The molecule has 2 aromatic carbocycles. The maximum absolute atomic E-state index is 12.9. The van der Waals surface area contributed by atoms with Gasteiger partial charge < -0.3 is 15.4 Å². The molecule has 0 saturated heterocycles. The number of para-hydroxylation sites is 1. The van der Waals surface area contributed by atoms with E-state index in [0.717, 1.165) is 0 Å². The van der Waals surface area contributed by atoms with Gasteiger partial charge >= 0.3 is 5.97 Å². The molecule has 3 rings (SSSR count). The van der Waals surface area contributed by atoms with Gasteiger partial charge in [0.15, 0.2) is 6.61 Å². The number of amides is 2. The molecule has 3 aromatic rings. The molecule has 2 amide bonds. The summed E-state index contributed by atoms with van der Waals surface area (Å²) in [6.45, 7) is 4.88. The number of anilines is 1. The van der Waals surface area contributed by atoms with Crippen molar-refractivity contribution in [1.29, 1.82) is 0 Å². The molecule has 10 heteroatoms. The van der Waals surface area contributed by atoms with Gasteiger partial charge in [-0.25, -0.2) is 9.48 Å². The van der Waals surface area contributed by atoms with Crippen LogP contribution in [0.4, 0.5) is 5.69 Å². The van der Waals surface area contributed by atoms with Crippen molar-refractivity contribution in [1.82, 2.24) is 14.7 Å². The summed E-state index contributed by atoms with van der Waals surface area (Å²) >= 11 is 1.21. The van der Waals surface area contributed by atoms with E-state index < -0.39 is 24.0 Å². The summed E-state index contributed by atoms with van der Waals surface area (Å²) < 4.78 is 8.28.